The minimum absolute atomic E-state index is 0.110. The summed E-state index contributed by atoms with van der Waals surface area (Å²) in [5.74, 6) is 0.273. The van der Waals surface area contributed by atoms with Gasteiger partial charge in [0, 0.05) is 50.7 Å². The number of ketones is 1. The zero-order valence-electron chi connectivity index (χ0n) is 14.5. The summed E-state index contributed by atoms with van der Waals surface area (Å²) in [5.41, 5.74) is 1.56. The second-order valence-electron chi connectivity index (χ2n) is 6.40. The average molecular weight is 341 g/mol. The van der Waals surface area contributed by atoms with E-state index in [2.05, 4.69) is 17.1 Å². The van der Waals surface area contributed by atoms with E-state index in [1.165, 1.54) is 0 Å². The summed E-state index contributed by atoms with van der Waals surface area (Å²) in [5, 5.41) is 3.96. The summed E-state index contributed by atoms with van der Waals surface area (Å²) in [6.45, 7) is 3.35. The molecule has 1 aromatic heterocycles. The smallest absolute Gasteiger partial charge is 0.222 e. The van der Waals surface area contributed by atoms with E-state index in [1.54, 1.807) is 6.07 Å². The normalized spacial score (nSPS) is 15.3. The molecule has 132 valence electrons. The maximum atomic E-state index is 12.2. The summed E-state index contributed by atoms with van der Waals surface area (Å²) in [4.78, 5) is 28.5. The second-order valence-corrected chi connectivity index (χ2v) is 6.40. The van der Waals surface area contributed by atoms with Crippen LogP contribution in [0, 0.1) is 0 Å². The van der Waals surface area contributed by atoms with Crippen LogP contribution >= 0.6 is 0 Å². The molecule has 6 nitrogen and oxygen atoms in total. The Balaban J connectivity index is 1.47. The van der Waals surface area contributed by atoms with Crippen LogP contribution in [-0.2, 0) is 4.79 Å². The molecule has 1 fully saturated rings. The number of benzene rings is 1. The number of amides is 1. The molecule has 0 saturated carbocycles. The van der Waals surface area contributed by atoms with Crippen molar-refractivity contribution in [2.75, 3.05) is 33.2 Å². The first-order valence-corrected chi connectivity index (χ1v) is 8.65. The van der Waals surface area contributed by atoms with E-state index in [0.717, 1.165) is 31.7 Å². The topological polar surface area (TPSA) is 66.7 Å². The molecule has 6 heteroatoms. The Bertz CT molecular complexity index is 719. The number of hydrogen-bond acceptors (Lipinski definition) is 5. The number of Topliss-reactive ketones (excluding diaryl/α,β-unsaturated/α-hetero) is 1. The van der Waals surface area contributed by atoms with E-state index < -0.39 is 0 Å². The van der Waals surface area contributed by atoms with E-state index in [4.69, 9.17) is 4.52 Å². The van der Waals surface area contributed by atoms with Gasteiger partial charge >= 0.3 is 0 Å². The van der Waals surface area contributed by atoms with Crippen LogP contribution in [0.4, 0.5) is 0 Å². The summed E-state index contributed by atoms with van der Waals surface area (Å²) < 4.78 is 5.17. The van der Waals surface area contributed by atoms with Gasteiger partial charge in [-0.3, -0.25) is 9.59 Å². The summed E-state index contributed by atoms with van der Waals surface area (Å²) in [6, 6.07) is 11.2. The van der Waals surface area contributed by atoms with E-state index in [-0.39, 0.29) is 17.5 Å². The summed E-state index contributed by atoms with van der Waals surface area (Å²) >= 11 is 0. The van der Waals surface area contributed by atoms with Crippen molar-refractivity contribution in [2.45, 2.75) is 19.3 Å². The van der Waals surface area contributed by atoms with Gasteiger partial charge in [-0.05, 0) is 13.5 Å². The van der Waals surface area contributed by atoms with Gasteiger partial charge in [-0.15, -0.1) is 0 Å². The molecule has 1 amide bonds. The Morgan fingerprint density at radius 3 is 2.52 bits per heavy atom. The van der Waals surface area contributed by atoms with Crippen molar-refractivity contribution in [1.82, 2.24) is 15.0 Å². The molecule has 2 aromatic rings. The molecular weight excluding hydrogens is 318 g/mol. The fourth-order valence-electron chi connectivity index (χ4n) is 2.89. The van der Waals surface area contributed by atoms with Gasteiger partial charge in [-0.25, -0.2) is 0 Å². The van der Waals surface area contributed by atoms with E-state index in [1.807, 2.05) is 35.2 Å². The largest absolute Gasteiger partial charge is 0.352 e. The maximum Gasteiger partial charge on any atom is 0.222 e. The lowest BCUT2D eigenvalue weighted by Crippen LogP contribution is -2.47. The highest BCUT2D eigenvalue weighted by Gasteiger charge is 2.19. The van der Waals surface area contributed by atoms with Crippen LogP contribution in [0.5, 0.6) is 0 Å². The van der Waals surface area contributed by atoms with Gasteiger partial charge in [-0.1, -0.05) is 35.5 Å². The third-order valence-electron chi connectivity index (χ3n) is 4.50. The highest BCUT2D eigenvalue weighted by Crippen LogP contribution is 2.20. The number of aromatic nitrogens is 1. The van der Waals surface area contributed by atoms with Crippen LogP contribution in [0.1, 0.15) is 29.8 Å². The molecule has 2 heterocycles. The number of hydrogen-bond donors (Lipinski definition) is 0. The van der Waals surface area contributed by atoms with Crippen molar-refractivity contribution in [3.8, 4) is 11.3 Å². The Labute approximate surface area is 147 Å². The standard InChI is InChI=1S/C19H23N3O3/c1-21-10-12-22(13-11-21)19(24)9-5-8-17(23)18-14-16(20-25-18)15-6-3-2-4-7-15/h2-4,6-7,14H,5,8-13H2,1H3. The van der Waals surface area contributed by atoms with Crippen LogP contribution in [0.25, 0.3) is 11.3 Å². The molecule has 0 unspecified atom stereocenters. The van der Waals surface area contributed by atoms with Gasteiger partial charge in [0.15, 0.2) is 0 Å². The molecule has 0 bridgehead atoms. The summed E-state index contributed by atoms with van der Waals surface area (Å²) in [7, 11) is 2.06. The predicted molar refractivity (Wildman–Crippen MR) is 94.2 cm³/mol. The fraction of sp³-hybridized carbons (Fsp3) is 0.421. The molecule has 0 atom stereocenters. The van der Waals surface area contributed by atoms with Crippen LogP contribution in [0.2, 0.25) is 0 Å². The molecule has 1 aromatic carbocycles. The molecule has 25 heavy (non-hydrogen) atoms. The van der Waals surface area contributed by atoms with E-state index in [9.17, 15) is 9.59 Å². The Hall–Kier alpha value is -2.47. The van der Waals surface area contributed by atoms with Crippen molar-refractivity contribution in [2.24, 2.45) is 0 Å². The number of rotatable bonds is 6. The molecular formula is C19H23N3O3. The molecule has 1 aliphatic heterocycles. The van der Waals surface area contributed by atoms with Crippen molar-refractivity contribution >= 4 is 11.7 Å². The molecule has 0 radical (unpaired) electrons. The summed E-state index contributed by atoms with van der Waals surface area (Å²) in [6.07, 6.45) is 1.23. The Morgan fingerprint density at radius 1 is 1.08 bits per heavy atom. The number of carbonyl (C=O) groups excluding carboxylic acids is 2. The predicted octanol–water partition coefficient (Wildman–Crippen LogP) is 2.47. The molecule has 1 saturated heterocycles. The van der Waals surface area contributed by atoms with E-state index in [0.29, 0.717) is 25.0 Å². The first-order chi connectivity index (χ1) is 12.1. The lowest BCUT2D eigenvalue weighted by molar-refractivity contribution is -0.132. The lowest BCUT2D eigenvalue weighted by atomic mass is 10.1. The Morgan fingerprint density at radius 2 is 1.80 bits per heavy atom. The minimum atomic E-state index is -0.110. The van der Waals surface area contributed by atoms with Crippen LogP contribution < -0.4 is 0 Å². The first-order valence-electron chi connectivity index (χ1n) is 8.65. The number of carbonyl (C=O) groups is 2. The van der Waals surface area contributed by atoms with Crippen molar-refractivity contribution in [3.63, 3.8) is 0 Å². The van der Waals surface area contributed by atoms with Crippen molar-refractivity contribution < 1.29 is 14.1 Å². The average Bonchev–Trinajstić information content (AvgIpc) is 3.13. The molecule has 3 rings (SSSR count). The van der Waals surface area contributed by atoms with Crippen LogP contribution in [0.15, 0.2) is 40.9 Å². The molecule has 0 spiro atoms. The molecule has 0 aliphatic carbocycles. The highest BCUT2D eigenvalue weighted by molar-refractivity contribution is 5.94. The van der Waals surface area contributed by atoms with Gasteiger partial charge in [0.05, 0.1) is 0 Å². The van der Waals surface area contributed by atoms with Gasteiger partial charge in [0.1, 0.15) is 5.69 Å². The van der Waals surface area contributed by atoms with Gasteiger partial charge < -0.3 is 14.3 Å². The maximum absolute atomic E-state index is 12.2. The monoisotopic (exact) mass is 341 g/mol. The fourth-order valence-corrected chi connectivity index (χ4v) is 2.89. The van der Waals surface area contributed by atoms with Crippen LogP contribution in [0.3, 0.4) is 0 Å². The Kier molecular flexibility index (Phi) is 5.60. The van der Waals surface area contributed by atoms with Gasteiger partial charge in [-0.2, -0.15) is 0 Å². The van der Waals surface area contributed by atoms with Gasteiger partial charge in [0.2, 0.25) is 17.5 Å². The zero-order valence-corrected chi connectivity index (χ0v) is 14.5. The minimum Gasteiger partial charge on any atom is -0.352 e. The third-order valence-corrected chi connectivity index (χ3v) is 4.50. The SMILES string of the molecule is CN1CCN(C(=O)CCCC(=O)c2cc(-c3ccccc3)no2)CC1. The zero-order chi connectivity index (χ0) is 17.6. The van der Waals surface area contributed by atoms with E-state index >= 15 is 0 Å². The first kappa shape index (κ1) is 17.4. The number of likely N-dealkylation sites (N-methyl/N-ethyl adjacent to an activating group) is 1. The molecule has 1 aliphatic rings. The quantitative estimate of drug-likeness (QED) is 0.755. The lowest BCUT2D eigenvalue weighted by Gasteiger charge is -2.32. The van der Waals surface area contributed by atoms with Gasteiger partial charge in [0.25, 0.3) is 0 Å². The number of nitrogens with zero attached hydrogens (tertiary/aromatic N) is 3. The van der Waals surface area contributed by atoms with Crippen LogP contribution in [-0.4, -0.2) is 59.9 Å². The van der Waals surface area contributed by atoms with Crippen molar-refractivity contribution in [1.29, 1.82) is 0 Å². The molecule has 0 N–H and O–H groups in total. The highest BCUT2D eigenvalue weighted by atomic mass is 16.5. The second kappa shape index (κ2) is 8.07. The third kappa shape index (κ3) is 4.54. The van der Waals surface area contributed by atoms with Crippen molar-refractivity contribution in [3.05, 3.63) is 42.2 Å². The number of piperazine rings is 1.